The highest BCUT2D eigenvalue weighted by Crippen LogP contribution is 2.27. The number of furan rings is 1. The van der Waals surface area contributed by atoms with Crippen LogP contribution in [0.4, 0.5) is 5.69 Å². The normalized spacial score (nSPS) is 14.2. The SMILES string of the molecule is O=C(Cn1cc(NCc2cc(Br)c(Br)o2)cn1)NC1CC1. The number of nitrogens with zero attached hydrogens (tertiary/aromatic N) is 2. The molecule has 3 rings (SSSR count). The van der Waals surface area contributed by atoms with Crippen LogP contribution in [0.5, 0.6) is 0 Å². The Kier molecular flexibility index (Phi) is 4.34. The van der Waals surface area contributed by atoms with E-state index in [9.17, 15) is 4.79 Å². The van der Waals surface area contributed by atoms with Gasteiger partial charge in [0, 0.05) is 12.2 Å². The minimum Gasteiger partial charge on any atom is -0.451 e. The van der Waals surface area contributed by atoms with Gasteiger partial charge >= 0.3 is 0 Å². The molecule has 1 saturated carbocycles. The van der Waals surface area contributed by atoms with Crippen LogP contribution in [-0.2, 0) is 17.9 Å². The van der Waals surface area contributed by atoms with E-state index in [1.165, 1.54) is 0 Å². The van der Waals surface area contributed by atoms with Gasteiger partial charge in [-0.2, -0.15) is 5.10 Å². The monoisotopic (exact) mass is 416 g/mol. The van der Waals surface area contributed by atoms with Crippen molar-refractivity contribution in [1.29, 1.82) is 0 Å². The number of amides is 1. The highest BCUT2D eigenvalue weighted by Gasteiger charge is 2.23. The molecule has 21 heavy (non-hydrogen) atoms. The molecule has 1 fully saturated rings. The molecule has 0 unspecified atom stereocenters. The van der Waals surface area contributed by atoms with Crippen molar-refractivity contribution in [2.45, 2.75) is 32.0 Å². The summed E-state index contributed by atoms with van der Waals surface area (Å²) in [5.41, 5.74) is 0.845. The van der Waals surface area contributed by atoms with E-state index < -0.39 is 0 Å². The van der Waals surface area contributed by atoms with Crippen molar-refractivity contribution in [3.8, 4) is 0 Å². The van der Waals surface area contributed by atoms with Gasteiger partial charge in [0.05, 0.1) is 22.9 Å². The van der Waals surface area contributed by atoms with Gasteiger partial charge in [-0.25, -0.2) is 0 Å². The smallest absolute Gasteiger partial charge is 0.241 e. The molecule has 0 spiro atoms. The maximum atomic E-state index is 11.7. The van der Waals surface area contributed by atoms with Crippen LogP contribution in [0.15, 0.2) is 32.0 Å². The number of carbonyl (C=O) groups is 1. The van der Waals surface area contributed by atoms with E-state index in [4.69, 9.17) is 4.42 Å². The van der Waals surface area contributed by atoms with E-state index in [-0.39, 0.29) is 12.5 Å². The number of hydrogen-bond donors (Lipinski definition) is 2. The Hall–Kier alpha value is -1.28. The third-order valence-electron chi connectivity index (χ3n) is 3.04. The number of carbonyl (C=O) groups excluding carboxylic acids is 1. The number of hydrogen-bond acceptors (Lipinski definition) is 4. The molecule has 0 bridgehead atoms. The first-order valence-electron chi connectivity index (χ1n) is 6.59. The lowest BCUT2D eigenvalue weighted by molar-refractivity contribution is -0.122. The molecule has 2 N–H and O–H groups in total. The molecule has 6 nitrogen and oxygen atoms in total. The second kappa shape index (κ2) is 6.23. The highest BCUT2D eigenvalue weighted by molar-refractivity contribution is 9.13. The van der Waals surface area contributed by atoms with Gasteiger partial charge in [-0.1, -0.05) is 0 Å². The fourth-order valence-corrected chi connectivity index (χ4v) is 2.52. The largest absolute Gasteiger partial charge is 0.451 e. The van der Waals surface area contributed by atoms with E-state index >= 15 is 0 Å². The first-order valence-corrected chi connectivity index (χ1v) is 8.18. The molecule has 2 aromatic rings. The Morgan fingerprint density at radius 3 is 2.95 bits per heavy atom. The molecule has 8 heteroatoms. The summed E-state index contributed by atoms with van der Waals surface area (Å²) in [7, 11) is 0. The third-order valence-corrected chi connectivity index (χ3v) is 4.75. The summed E-state index contributed by atoms with van der Waals surface area (Å²) in [6.07, 6.45) is 5.68. The van der Waals surface area contributed by atoms with Crippen LogP contribution >= 0.6 is 31.9 Å². The lowest BCUT2D eigenvalue weighted by Gasteiger charge is -2.03. The predicted octanol–water partition coefficient (Wildman–Crippen LogP) is 2.89. The molecule has 2 heterocycles. The summed E-state index contributed by atoms with van der Waals surface area (Å²) < 4.78 is 8.65. The molecule has 1 amide bonds. The number of nitrogens with one attached hydrogen (secondary N) is 2. The van der Waals surface area contributed by atoms with Crippen LogP contribution in [-0.4, -0.2) is 21.7 Å². The highest BCUT2D eigenvalue weighted by atomic mass is 79.9. The Labute approximate surface area is 138 Å². The maximum absolute atomic E-state index is 11.7. The zero-order valence-corrected chi connectivity index (χ0v) is 14.3. The zero-order valence-electron chi connectivity index (χ0n) is 11.1. The third kappa shape index (κ3) is 4.10. The lowest BCUT2D eigenvalue weighted by Crippen LogP contribution is -2.29. The average Bonchev–Trinajstić information content (AvgIpc) is 3.03. The maximum Gasteiger partial charge on any atom is 0.241 e. The summed E-state index contributed by atoms with van der Waals surface area (Å²) in [5.74, 6) is 0.805. The quantitative estimate of drug-likeness (QED) is 0.757. The van der Waals surface area contributed by atoms with Gasteiger partial charge in [-0.3, -0.25) is 9.48 Å². The van der Waals surface area contributed by atoms with Crippen molar-refractivity contribution in [2.24, 2.45) is 0 Å². The molecule has 2 aromatic heterocycles. The van der Waals surface area contributed by atoms with E-state index in [0.29, 0.717) is 17.3 Å². The van der Waals surface area contributed by atoms with Gasteiger partial charge in [0.15, 0.2) is 4.67 Å². The van der Waals surface area contributed by atoms with Gasteiger partial charge in [0.2, 0.25) is 5.91 Å². The second-order valence-electron chi connectivity index (χ2n) is 4.96. The van der Waals surface area contributed by atoms with Gasteiger partial charge in [0.25, 0.3) is 0 Å². The summed E-state index contributed by atoms with van der Waals surface area (Å²) in [4.78, 5) is 11.7. The van der Waals surface area contributed by atoms with Crippen LogP contribution in [0.3, 0.4) is 0 Å². The van der Waals surface area contributed by atoms with Gasteiger partial charge in [0.1, 0.15) is 12.3 Å². The molecule has 1 aliphatic rings. The minimum atomic E-state index is 0.00560. The minimum absolute atomic E-state index is 0.00560. The predicted molar refractivity (Wildman–Crippen MR) is 84.8 cm³/mol. The Balaban J connectivity index is 1.51. The molecule has 0 aromatic carbocycles. The Morgan fingerprint density at radius 1 is 1.48 bits per heavy atom. The topological polar surface area (TPSA) is 72.1 Å². The van der Waals surface area contributed by atoms with E-state index in [2.05, 4.69) is 47.6 Å². The fourth-order valence-electron chi connectivity index (χ4n) is 1.86. The molecule has 0 radical (unpaired) electrons. The molecule has 1 aliphatic carbocycles. The van der Waals surface area contributed by atoms with Crippen LogP contribution in [0, 0.1) is 0 Å². The van der Waals surface area contributed by atoms with Crippen molar-refractivity contribution in [3.05, 3.63) is 33.4 Å². The van der Waals surface area contributed by atoms with Crippen LogP contribution < -0.4 is 10.6 Å². The summed E-state index contributed by atoms with van der Waals surface area (Å²) >= 11 is 6.66. The van der Waals surface area contributed by atoms with Crippen molar-refractivity contribution in [2.75, 3.05) is 5.32 Å². The molecule has 0 saturated heterocycles. The number of rotatable bonds is 6. The van der Waals surface area contributed by atoms with Crippen molar-refractivity contribution < 1.29 is 9.21 Å². The van der Waals surface area contributed by atoms with Gasteiger partial charge < -0.3 is 15.1 Å². The van der Waals surface area contributed by atoms with Crippen molar-refractivity contribution in [3.63, 3.8) is 0 Å². The van der Waals surface area contributed by atoms with Crippen LogP contribution in [0.25, 0.3) is 0 Å². The van der Waals surface area contributed by atoms with E-state index in [1.807, 2.05) is 6.07 Å². The first kappa shape index (κ1) is 14.6. The standard InChI is InChI=1S/C13H14Br2N4O2/c14-11-3-10(21-13(11)15)5-16-9-4-17-19(6-9)7-12(20)18-8-1-2-8/h3-4,6,8,16H,1-2,5,7H2,(H,18,20). The van der Waals surface area contributed by atoms with Crippen molar-refractivity contribution >= 4 is 43.5 Å². The molecule has 0 atom stereocenters. The summed E-state index contributed by atoms with van der Waals surface area (Å²) in [6.45, 7) is 0.792. The lowest BCUT2D eigenvalue weighted by atomic mass is 10.4. The van der Waals surface area contributed by atoms with Crippen molar-refractivity contribution in [1.82, 2.24) is 15.1 Å². The van der Waals surface area contributed by atoms with E-state index in [1.54, 1.807) is 17.1 Å². The Bertz CT molecular complexity index is 629. The molecular formula is C13H14Br2N4O2. The first-order chi connectivity index (χ1) is 10.1. The van der Waals surface area contributed by atoms with Crippen LogP contribution in [0.1, 0.15) is 18.6 Å². The van der Waals surface area contributed by atoms with Gasteiger partial charge in [-0.05, 0) is 50.8 Å². The second-order valence-corrected chi connectivity index (χ2v) is 6.53. The number of aromatic nitrogens is 2. The van der Waals surface area contributed by atoms with Crippen LogP contribution in [0.2, 0.25) is 0 Å². The summed E-state index contributed by atoms with van der Waals surface area (Å²) in [5, 5.41) is 10.3. The van der Waals surface area contributed by atoms with E-state index in [0.717, 1.165) is 28.8 Å². The summed E-state index contributed by atoms with van der Waals surface area (Å²) in [6, 6.07) is 2.27. The molecular weight excluding hydrogens is 404 g/mol. The average molecular weight is 418 g/mol. The van der Waals surface area contributed by atoms with Gasteiger partial charge in [-0.15, -0.1) is 0 Å². The molecule has 0 aliphatic heterocycles. The molecule has 112 valence electrons. The number of halogens is 2. The fraction of sp³-hybridized carbons (Fsp3) is 0.385. The Morgan fingerprint density at radius 2 is 2.29 bits per heavy atom. The number of anilines is 1. The zero-order chi connectivity index (χ0) is 14.8.